The van der Waals surface area contributed by atoms with Gasteiger partial charge < -0.3 is 10.6 Å². The van der Waals surface area contributed by atoms with Gasteiger partial charge in [-0.3, -0.25) is 10.2 Å². The molecular formula is C14H24N4O2S. The number of nitrogens with one attached hydrogen (secondary N) is 3. The van der Waals surface area contributed by atoms with E-state index >= 15 is 0 Å². The highest BCUT2D eigenvalue weighted by atomic mass is 32.1. The van der Waals surface area contributed by atoms with E-state index in [1.54, 1.807) is 0 Å². The Labute approximate surface area is 131 Å². The molecule has 0 bridgehead atoms. The number of hydrogen-bond donors (Lipinski definition) is 3. The molecule has 118 valence electrons. The number of hydrazine groups is 1. The zero-order chi connectivity index (χ0) is 15.5. The van der Waals surface area contributed by atoms with E-state index in [1.807, 2.05) is 0 Å². The first-order chi connectivity index (χ1) is 9.98. The van der Waals surface area contributed by atoms with Crippen LogP contribution in [0.3, 0.4) is 0 Å². The largest absolute Gasteiger partial charge is 0.361 e. The van der Waals surface area contributed by atoms with E-state index < -0.39 is 11.6 Å². The Morgan fingerprint density at radius 3 is 2.71 bits per heavy atom. The van der Waals surface area contributed by atoms with Crippen molar-refractivity contribution >= 4 is 29.3 Å². The van der Waals surface area contributed by atoms with Gasteiger partial charge in [0.25, 0.3) is 5.91 Å². The van der Waals surface area contributed by atoms with Crippen molar-refractivity contribution in [3.63, 3.8) is 0 Å². The SMILES string of the molecule is CCCCNC(=S)NN1C(=O)NC2(CCC(C)CC2)C1=O. The maximum atomic E-state index is 12.6. The fraction of sp³-hybridized carbons (Fsp3) is 0.786. The van der Waals surface area contributed by atoms with E-state index in [0.717, 1.165) is 37.2 Å². The molecule has 0 radical (unpaired) electrons. The van der Waals surface area contributed by atoms with Gasteiger partial charge in [0.15, 0.2) is 5.11 Å². The van der Waals surface area contributed by atoms with Crippen LogP contribution in [-0.4, -0.2) is 34.1 Å². The normalized spacial score (nSPS) is 28.7. The second-order valence-corrected chi connectivity index (χ2v) is 6.46. The average molecular weight is 312 g/mol. The average Bonchev–Trinajstić information content (AvgIpc) is 2.67. The minimum absolute atomic E-state index is 0.209. The summed E-state index contributed by atoms with van der Waals surface area (Å²) in [6.07, 6.45) is 5.36. The maximum Gasteiger partial charge on any atom is 0.344 e. The maximum absolute atomic E-state index is 12.6. The first-order valence-electron chi connectivity index (χ1n) is 7.69. The van der Waals surface area contributed by atoms with E-state index in [2.05, 4.69) is 29.9 Å². The van der Waals surface area contributed by atoms with Gasteiger partial charge in [0.2, 0.25) is 0 Å². The van der Waals surface area contributed by atoms with E-state index in [-0.39, 0.29) is 5.91 Å². The van der Waals surface area contributed by atoms with Gasteiger partial charge in [0.1, 0.15) is 5.54 Å². The smallest absolute Gasteiger partial charge is 0.344 e. The summed E-state index contributed by atoms with van der Waals surface area (Å²) in [7, 11) is 0. The van der Waals surface area contributed by atoms with Gasteiger partial charge in [-0.15, -0.1) is 0 Å². The van der Waals surface area contributed by atoms with Gasteiger partial charge in [0, 0.05) is 6.54 Å². The van der Waals surface area contributed by atoms with Crippen LogP contribution in [0, 0.1) is 5.92 Å². The predicted molar refractivity (Wildman–Crippen MR) is 84.4 cm³/mol. The standard InChI is InChI=1S/C14H24N4O2S/c1-3-4-9-15-12(21)17-18-11(19)14(16-13(18)20)7-5-10(2)6-8-14/h10H,3-9H2,1-2H3,(H,16,20)(H2,15,17,21). The molecule has 1 saturated carbocycles. The lowest BCUT2D eigenvalue weighted by Crippen LogP contribution is -2.53. The van der Waals surface area contributed by atoms with Crippen molar-refractivity contribution in [2.45, 2.75) is 57.9 Å². The molecule has 0 aromatic carbocycles. The van der Waals surface area contributed by atoms with Crippen molar-refractivity contribution in [2.75, 3.05) is 6.54 Å². The van der Waals surface area contributed by atoms with Crippen LogP contribution >= 0.6 is 12.2 Å². The summed E-state index contributed by atoms with van der Waals surface area (Å²) < 4.78 is 0. The number of hydrogen-bond acceptors (Lipinski definition) is 3. The lowest BCUT2D eigenvalue weighted by Gasteiger charge is -2.33. The molecule has 0 atom stereocenters. The zero-order valence-corrected chi connectivity index (χ0v) is 13.5. The Kier molecular flexibility index (Phi) is 5.03. The third-order valence-corrected chi connectivity index (χ3v) is 4.55. The van der Waals surface area contributed by atoms with Crippen LogP contribution < -0.4 is 16.1 Å². The number of carbonyl (C=O) groups is 2. The molecule has 0 aromatic heterocycles. The lowest BCUT2D eigenvalue weighted by molar-refractivity contribution is -0.133. The molecule has 1 heterocycles. The monoisotopic (exact) mass is 312 g/mol. The van der Waals surface area contributed by atoms with Crippen molar-refractivity contribution in [3.05, 3.63) is 0 Å². The van der Waals surface area contributed by atoms with Gasteiger partial charge in [0.05, 0.1) is 0 Å². The Morgan fingerprint density at radius 2 is 2.10 bits per heavy atom. The quantitative estimate of drug-likeness (QED) is 0.418. The Morgan fingerprint density at radius 1 is 1.43 bits per heavy atom. The second kappa shape index (κ2) is 6.60. The third-order valence-electron chi connectivity index (χ3n) is 4.32. The summed E-state index contributed by atoms with van der Waals surface area (Å²) in [4.78, 5) is 24.6. The zero-order valence-electron chi connectivity index (χ0n) is 12.7. The van der Waals surface area contributed by atoms with Crippen molar-refractivity contribution < 1.29 is 9.59 Å². The molecule has 1 aliphatic carbocycles. The molecule has 21 heavy (non-hydrogen) atoms. The van der Waals surface area contributed by atoms with Crippen LogP contribution in [0.25, 0.3) is 0 Å². The number of unbranched alkanes of at least 4 members (excludes halogenated alkanes) is 1. The highest BCUT2D eigenvalue weighted by molar-refractivity contribution is 7.80. The van der Waals surface area contributed by atoms with Crippen molar-refractivity contribution in [2.24, 2.45) is 5.92 Å². The molecule has 0 unspecified atom stereocenters. The molecule has 7 heteroatoms. The van der Waals surface area contributed by atoms with Crippen molar-refractivity contribution in [3.8, 4) is 0 Å². The molecule has 3 amide bonds. The number of nitrogens with zero attached hydrogens (tertiary/aromatic N) is 1. The minimum atomic E-state index is -0.727. The highest BCUT2D eigenvalue weighted by Gasteiger charge is 2.52. The van der Waals surface area contributed by atoms with Crippen molar-refractivity contribution in [1.82, 2.24) is 21.1 Å². The van der Waals surface area contributed by atoms with Crippen LogP contribution in [0.15, 0.2) is 0 Å². The molecular weight excluding hydrogens is 288 g/mol. The first kappa shape index (κ1) is 16.0. The van der Waals surface area contributed by atoms with E-state index in [9.17, 15) is 9.59 Å². The number of carbonyl (C=O) groups excluding carboxylic acids is 2. The Bertz CT molecular complexity index is 433. The summed E-state index contributed by atoms with van der Waals surface area (Å²) in [5.41, 5.74) is 1.99. The van der Waals surface area contributed by atoms with Gasteiger partial charge in [-0.05, 0) is 50.2 Å². The lowest BCUT2D eigenvalue weighted by atomic mass is 9.77. The van der Waals surface area contributed by atoms with Crippen LogP contribution in [0.5, 0.6) is 0 Å². The molecule has 2 aliphatic rings. The molecule has 6 nitrogen and oxygen atoms in total. The molecule has 1 saturated heterocycles. The fourth-order valence-electron chi connectivity index (χ4n) is 2.84. The summed E-state index contributed by atoms with van der Waals surface area (Å²) in [6.45, 7) is 5.00. The van der Waals surface area contributed by atoms with Crippen LogP contribution in [0.1, 0.15) is 52.4 Å². The van der Waals surface area contributed by atoms with Gasteiger partial charge in [-0.25, -0.2) is 4.79 Å². The van der Waals surface area contributed by atoms with Crippen LogP contribution in [0.2, 0.25) is 0 Å². The number of rotatable bonds is 4. The number of amides is 3. The molecule has 1 spiro atoms. The Hall–Kier alpha value is -1.37. The topological polar surface area (TPSA) is 73.5 Å². The summed E-state index contributed by atoms with van der Waals surface area (Å²) >= 11 is 5.12. The summed E-state index contributed by atoms with van der Waals surface area (Å²) in [5, 5.41) is 7.18. The fourth-order valence-corrected chi connectivity index (χ4v) is 3.03. The van der Waals surface area contributed by atoms with Crippen molar-refractivity contribution in [1.29, 1.82) is 0 Å². The summed E-state index contributed by atoms with van der Waals surface area (Å²) in [5.74, 6) is 0.401. The highest BCUT2D eigenvalue weighted by Crippen LogP contribution is 2.35. The van der Waals surface area contributed by atoms with E-state index in [0.29, 0.717) is 23.9 Å². The molecule has 2 fully saturated rings. The molecule has 2 rings (SSSR count). The summed E-state index contributed by atoms with van der Waals surface area (Å²) in [6, 6.07) is -0.408. The number of imide groups is 1. The number of urea groups is 1. The van der Waals surface area contributed by atoms with Gasteiger partial charge in [-0.2, -0.15) is 5.01 Å². The van der Waals surface area contributed by atoms with Crippen LogP contribution in [0.4, 0.5) is 4.79 Å². The Balaban J connectivity index is 1.94. The predicted octanol–water partition coefficient (Wildman–Crippen LogP) is 1.67. The molecule has 3 N–H and O–H groups in total. The molecule has 1 aliphatic heterocycles. The van der Waals surface area contributed by atoms with Gasteiger partial charge >= 0.3 is 6.03 Å². The van der Waals surface area contributed by atoms with E-state index in [4.69, 9.17) is 12.2 Å². The number of thiocarbonyl (C=S) groups is 1. The van der Waals surface area contributed by atoms with E-state index in [1.165, 1.54) is 0 Å². The second-order valence-electron chi connectivity index (χ2n) is 6.06. The van der Waals surface area contributed by atoms with Crippen LogP contribution in [-0.2, 0) is 4.79 Å². The third kappa shape index (κ3) is 3.45. The minimum Gasteiger partial charge on any atom is -0.361 e. The first-order valence-corrected chi connectivity index (χ1v) is 8.10. The molecule has 0 aromatic rings. The van der Waals surface area contributed by atoms with Gasteiger partial charge in [-0.1, -0.05) is 20.3 Å².